The number of piperazine rings is 1. The summed E-state index contributed by atoms with van der Waals surface area (Å²) in [4.78, 5) is 4.78. The monoisotopic (exact) mass is 457 g/mol. The van der Waals surface area contributed by atoms with Crippen LogP contribution in [0.25, 0.3) is 16.9 Å². The molecule has 33 heavy (non-hydrogen) atoms. The van der Waals surface area contributed by atoms with Gasteiger partial charge in [-0.15, -0.1) is 0 Å². The van der Waals surface area contributed by atoms with Crippen LogP contribution < -0.4 is 5.32 Å². The molecule has 0 bridgehead atoms. The molecule has 1 aliphatic rings. The molecule has 0 atom stereocenters. The molecule has 1 fully saturated rings. The summed E-state index contributed by atoms with van der Waals surface area (Å²) < 4.78 is 41.2. The van der Waals surface area contributed by atoms with Crippen LogP contribution in [0, 0.1) is 6.92 Å². The number of hydrogen-bond donors (Lipinski definition) is 1. The minimum atomic E-state index is -4.39. The Balaban J connectivity index is 1.54. The second-order valence-electron chi connectivity index (χ2n) is 8.63. The number of nitrogens with zero attached hydrogens (tertiary/aromatic N) is 4. The van der Waals surface area contributed by atoms with Crippen LogP contribution in [0.1, 0.15) is 16.7 Å². The zero-order valence-corrected chi connectivity index (χ0v) is 19.1. The van der Waals surface area contributed by atoms with Crippen LogP contribution in [-0.4, -0.2) is 65.9 Å². The second-order valence-corrected chi connectivity index (χ2v) is 8.63. The van der Waals surface area contributed by atoms with E-state index in [0.717, 1.165) is 73.8 Å². The van der Waals surface area contributed by atoms with Gasteiger partial charge in [0, 0.05) is 63.1 Å². The first-order valence-electron chi connectivity index (χ1n) is 11.2. The molecule has 5 nitrogen and oxygen atoms in total. The summed E-state index contributed by atoms with van der Waals surface area (Å²) >= 11 is 0. The molecule has 1 aliphatic heterocycles. The van der Waals surface area contributed by atoms with Gasteiger partial charge in [0.1, 0.15) is 0 Å². The highest BCUT2D eigenvalue weighted by Crippen LogP contribution is 2.31. The molecule has 2 heterocycles. The van der Waals surface area contributed by atoms with E-state index in [1.54, 1.807) is 10.7 Å². The number of benzene rings is 2. The van der Waals surface area contributed by atoms with Crippen molar-refractivity contribution >= 4 is 0 Å². The lowest BCUT2D eigenvalue weighted by molar-refractivity contribution is -0.137. The topological polar surface area (TPSA) is 36.3 Å². The third-order valence-electron chi connectivity index (χ3n) is 6.14. The van der Waals surface area contributed by atoms with E-state index in [2.05, 4.69) is 22.2 Å². The number of likely N-dealkylation sites (N-methyl/N-ethyl adjacent to an activating group) is 1. The number of hydrogen-bond acceptors (Lipinski definition) is 4. The predicted molar refractivity (Wildman–Crippen MR) is 124 cm³/mol. The van der Waals surface area contributed by atoms with Crippen LogP contribution in [0.15, 0.2) is 54.7 Å². The molecule has 0 unspecified atom stereocenters. The van der Waals surface area contributed by atoms with Crippen LogP contribution in [0.5, 0.6) is 0 Å². The largest absolute Gasteiger partial charge is 0.416 e. The number of alkyl halides is 3. The van der Waals surface area contributed by atoms with Crippen molar-refractivity contribution in [1.29, 1.82) is 0 Å². The Labute approximate surface area is 192 Å². The summed E-state index contributed by atoms with van der Waals surface area (Å²) in [6, 6.07) is 13.2. The van der Waals surface area contributed by atoms with Gasteiger partial charge in [-0.25, -0.2) is 4.68 Å². The standard InChI is InChI=1S/C25H30F3N5/c1-19-6-3-4-9-23(19)24-20(17-29-10-11-32-14-12-31(2)13-15-32)18-33(30-24)22-8-5-7-21(16-22)25(26,27)28/h3-9,16,18,29H,10-15,17H2,1-2H3. The van der Waals surface area contributed by atoms with E-state index in [9.17, 15) is 13.2 Å². The molecule has 0 amide bonds. The van der Waals surface area contributed by atoms with E-state index in [4.69, 9.17) is 5.10 Å². The fourth-order valence-electron chi connectivity index (χ4n) is 4.09. The first kappa shape index (κ1) is 23.5. The molecule has 0 saturated carbocycles. The average Bonchev–Trinajstić information content (AvgIpc) is 3.22. The minimum absolute atomic E-state index is 0.392. The highest BCUT2D eigenvalue weighted by molar-refractivity contribution is 5.67. The smallest absolute Gasteiger partial charge is 0.311 e. The molecule has 2 aromatic carbocycles. The molecule has 176 valence electrons. The van der Waals surface area contributed by atoms with Crippen LogP contribution in [0.4, 0.5) is 13.2 Å². The summed E-state index contributed by atoms with van der Waals surface area (Å²) in [6.07, 6.45) is -2.56. The van der Waals surface area contributed by atoms with E-state index >= 15 is 0 Å². The molecule has 1 aromatic heterocycles. The Morgan fingerprint density at radius 1 is 1.00 bits per heavy atom. The highest BCUT2D eigenvalue weighted by atomic mass is 19.4. The Bertz CT molecular complexity index is 1070. The van der Waals surface area contributed by atoms with Gasteiger partial charge in [0.05, 0.1) is 16.9 Å². The molecule has 1 saturated heterocycles. The molecular formula is C25H30F3N5. The van der Waals surface area contributed by atoms with Crippen molar-refractivity contribution in [2.45, 2.75) is 19.6 Å². The number of nitrogens with one attached hydrogen (secondary N) is 1. The van der Waals surface area contributed by atoms with Gasteiger partial charge in [-0.1, -0.05) is 30.3 Å². The van der Waals surface area contributed by atoms with Gasteiger partial charge in [-0.05, 0) is 37.7 Å². The van der Waals surface area contributed by atoms with Crippen molar-refractivity contribution in [2.75, 3.05) is 46.3 Å². The Hall–Kier alpha value is -2.68. The molecule has 0 radical (unpaired) electrons. The van der Waals surface area contributed by atoms with Gasteiger partial charge in [0.15, 0.2) is 0 Å². The van der Waals surface area contributed by atoms with E-state index in [1.165, 1.54) is 6.07 Å². The molecule has 4 rings (SSSR count). The summed E-state index contributed by atoms with van der Waals surface area (Å²) in [7, 11) is 2.14. The number of aryl methyl sites for hydroxylation is 1. The summed E-state index contributed by atoms with van der Waals surface area (Å²) in [5.41, 5.74) is 3.52. The van der Waals surface area contributed by atoms with Crippen LogP contribution in [-0.2, 0) is 12.7 Å². The van der Waals surface area contributed by atoms with E-state index < -0.39 is 11.7 Å². The fourth-order valence-corrected chi connectivity index (χ4v) is 4.09. The maximum Gasteiger partial charge on any atom is 0.416 e. The van der Waals surface area contributed by atoms with Gasteiger partial charge in [-0.2, -0.15) is 18.3 Å². The first-order valence-corrected chi connectivity index (χ1v) is 11.2. The lowest BCUT2D eigenvalue weighted by Crippen LogP contribution is -2.46. The predicted octanol–water partition coefficient (Wildman–Crippen LogP) is 4.20. The summed E-state index contributed by atoms with van der Waals surface area (Å²) in [5.74, 6) is 0. The number of aromatic nitrogens is 2. The van der Waals surface area contributed by atoms with Crippen LogP contribution in [0.2, 0.25) is 0 Å². The maximum absolute atomic E-state index is 13.2. The van der Waals surface area contributed by atoms with Crippen molar-refractivity contribution in [3.8, 4) is 16.9 Å². The lowest BCUT2D eigenvalue weighted by Gasteiger charge is -2.32. The zero-order valence-electron chi connectivity index (χ0n) is 19.1. The van der Waals surface area contributed by atoms with Crippen molar-refractivity contribution in [3.05, 3.63) is 71.4 Å². The molecular weight excluding hydrogens is 427 g/mol. The molecule has 0 spiro atoms. The molecule has 0 aliphatic carbocycles. The molecule has 1 N–H and O–H groups in total. The van der Waals surface area contributed by atoms with Gasteiger partial charge in [0.25, 0.3) is 0 Å². The Kier molecular flexibility index (Phi) is 7.17. The second kappa shape index (κ2) is 10.1. The van der Waals surface area contributed by atoms with Crippen LogP contribution in [0.3, 0.4) is 0 Å². The highest BCUT2D eigenvalue weighted by Gasteiger charge is 2.30. The van der Waals surface area contributed by atoms with Gasteiger partial charge in [0.2, 0.25) is 0 Å². The van der Waals surface area contributed by atoms with E-state index in [-0.39, 0.29) is 0 Å². The Morgan fingerprint density at radius 2 is 1.76 bits per heavy atom. The quantitative estimate of drug-likeness (QED) is 0.540. The fraction of sp³-hybridized carbons (Fsp3) is 0.400. The van der Waals surface area contributed by atoms with Gasteiger partial charge < -0.3 is 10.2 Å². The minimum Gasteiger partial charge on any atom is -0.311 e. The van der Waals surface area contributed by atoms with E-state index in [0.29, 0.717) is 12.2 Å². The van der Waals surface area contributed by atoms with Gasteiger partial charge in [-0.3, -0.25) is 4.90 Å². The number of rotatable bonds is 7. The van der Waals surface area contributed by atoms with Crippen LogP contribution >= 0.6 is 0 Å². The SMILES string of the molecule is Cc1ccccc1-c1nn(-c2cccc(C(F)(F)F)c2)cc1CNCCN1CCN(C)CC1. The normalized spacial score (nSPS) is 15.8. The first-order chi connectivity index (χ1) is 15.8. The van der Waals surface area contributed by atoms with Crippen molar-refractivity contribution in [1.82, 2.24) is 24.9 Å². The third kappa shape index (κ3) is 5.82. The third-order valence-corrected chi connectivity index (χ3v) is 6.14. The van der Waals surface area contributed by atoms with Crippen molar-refractivity contribution < 1.29 is 13.2 Å². The molecule has 3 aromatic rings. The van der Waals surface area contributed by atoms with Crippen molar-refractivity contribution in [2.24, 2.45) is 0 Å². The van der Waals surface area contributed by atoms with E-state index in [1.807, 2.05) is 37.4 Å². The zero-order chi connectivity index (χ0) is 23.4. The summed E-state index contributed by atoms with van der Waals surface area (Å²) in [5, 5.41) is 8.21. The molecule has 8 heteroatoms. The number of halogens is 3. The average molecular weight is 458 g/mol. The lowest BCUT2D eigenvalue weighted by atomic mass is 10.0. The Morgan fingerprint density at radius 3 is 2.48 bits per heavy atom. The van der Waals surface area contributed by atoms with Crippen molar-refractivity contribution in [3.63, 3.8) is 0 Å². The van der Waals surface area contributed by atoms with Gasteiger partial charge >= 0.3 is 6.18 Å². The summed E-state index contributed by atoms with van der Waals surface area (Å²) in [6.45, 7) is 8.73. The maximum atomic E-state index is 13.2.